The SMILES string of the molecule is CCc1ccc2c(COC(=O)c3ccc([N+](=O)[O-])c(C)c3)cc(=O)oc2c1. The number of fused-ring (bicyclic) bond motifs is 1. The molecule has 0 aliphatic heterocycles. The van der Waals surface area contributed by atoms with E-state index >= 15 is 0 Å². The van der Waals surface area contributed by atoms with Crippen LogP contribution in [0.1, 0.15) is 34.0 Å². The predicted molar refractivity (Wildman–Crippen MR) is 98.8 cm³/mol. The molecule has 1 heterocycles. The Morgan fingerprint density at radius 3 is 2.63 bits per heavy atom. The highest BCUT2D eigenvalue weighted by molar-refractivity contribution is 5.90. The molecule has 0 saturated carbocycles. The van der Waals surface area contributed by atoms with Gasteiger partial charge in [-0.05, 0) is 37.1 Å². The van der Waals surface area contributed by atoms with Crippen molar-refractivity contribution in [3.63, 3.8) is 0 Å². The zero-order valence-electron chi connectivity index (χ0n) is 14.9. The van der Waals surface area contributed by atoms with E-state index in [1.54, 1.807) is 13.0 Å². The first-order chi connectivity index (χ1) is 12.9. The molecule has 0 bridgehead atoms. The zero-order valence-corrected chi connectivity index (χ0v) is 14.9. The van der Waals surface area contributed by atoms with Crippen LogP contribution in [-0.4, -0.2) is 10.9 Å². The number of aryl methyl sites for hydroxylation is 2. The van der Waals surface area contributed by atoms with Gasteiger partial charge in [-0.25, -0.2) is 9.59 Å². The Morgan fingerprint density at radius 1 is 1.19 bits per heavy atom. The zero-order chi connectivity index (χ0) is 19.6. The van der Waals surface area contributed by atoms with Gasteiger partial charge in [0, 0.05) is 28.6 Å². The summed E-state index contributed by atoms with van der Waals surface area (Å²) in [4.78, 5) is 34.4. The van der Waals surface area contributed by atoms with E-state index in [1.807, 2.05) is 19.1 Å². The van der Waals surface area contributed by atoms with Crippen LogP contribution in [0.5, 0.6) is 0 Å². The van der Waals surface area contributed by atoms with Crippen LogP contribution in [-0.2, 0) is 17.8 Å². The molecule has 138 valence electrons. The van der Waals surface area contributed by atoms with Gasteiger partial charge in [0.25, 0.3) is 5.69 Å². The van der Waals surface area contributed by atoms with Crippen molar-refractivity contribution in [3.8, 4) is 0 Å². The van der Waals surface area contributed by atoms with E-state index in [-0.39, 0.29) is 17.9 Å². The molecule has 0 radical (unpaired) electrons. The van der Waals surface area contributed by atoms with Crippen LogP contribution in [0.25, 0.3) is 11.0 Å². The van der Waals surface area contributed by atoms with E-state index in [4.69, 9.17) is 9.15 Å². The van der Waals surface area contributed by atoms with Gasteiger partial charge in [-0.2, -0.15) is 0 Å². The van der Waals surface area contributed by atoms with Crippen LogP contribution in [0.15, 0.2) is 51.7 Å². The third-order valence-electron chi connectivity index (χ3n) is 4.29. The summed E-state index contributed by atoms with van der Waals surface area (Å²) >= 11 is 0. The summed E-state index contributed by atoms with van der Waals surface area (Å²) in [6, 6.07) is 10.9. The summed E-state index contributed by atoms with van der Waals surface area (Å²) in [7, 11) is 0. The van der Waals surface area contributed by atoms with Gasteiger partial charge in [-0.3, -0.25) is 10.1 Å². The topological polar surface area (TPSA) is 99.6 Å². The molecular formula is C20H17NO6. The molecule has 0 spiro atoms. The van der Waals surface area contributed by atoms with E-state index in [9.17, 15) is 19.7 Å². The highest BCUT2D eigenvalue weighted by Crippen LogP contribution is 2.22. The van der Waals surface area contributed by atoms with Gasteiger partial charge in [-0.15, -0.1) is 0 Å². The number of rotatable bonds is 5. The molecule has 0 aliphatic rings. The minimum Gasteiger partial charge on any atom is -0.457 e. The molecule has 0 amide bonds. The lowest BCUT2D eigenvalue weighted by Crippen LogP contribution is -2.08. The lowest BCUT2D eigenvalue weighted by atomic mass is 10.1. The van der Waals surface area contributed by atoms with Crippen molar-refractivity contribution in [2.75, 3.05) is 0 Å². The maximum absolute atomic E-state index is 12.3. The van der Waals surface area contributed by atoms with Gasteiger partial charge in [0.15, 0.2) is 0 Å². The second-order valence-corrected chi connectivity index (χ2v) is 6.11. The molecule has 0 atom stereocenters. The van der Waals surface area contributed by atoms with Gasteiger partial charge in [0.1, 0.15) is 12.2 Å². The smallest absolute Gasteiger partial charge is 0.338 e. The molecule has 27 heavy (non-hydrogen) atoms. The number of ether oxygens (including phenoxy) is 1. The highest BCUT2D eigenvalue weighted by Gasteiger charge is 2.15. The summed E-state index contributed by atoms with van der Waals surface area (Å²) < 4.78 is 10.5. The van der Waals surface area contributed by atoms with Crippen molar-refractivity contribution < 1.29 is 18.9 Å². The Hall–Kier alpha value is -3.48. The lowest BCUT2D eigenvalue weighted by Gasteiger charge is -2.08. The Balaban J connectivity index is 1.84. The van der Waals surface area contributed by atoms with Crippen molar-refractivity contribution >= 4 is 22.6 Å². The van der Waals surface area contributed by atoms with E-state index < -0.39 is 16.5 Å². The number of carbonyl (C=O) groups is 1. The molecule has 2 aromatic carbocycles. The lowest BCUT2D eigenvalue weighted by molar-refractivity contribution is -0.385. The molecule has 0 aliphatic carbocycles. The molecular weight excluding hydrogens is 350 g/mol. The summed E-state index contributed by atoms with van der Waals surface area (Å²) in [5.41, 5.74) is 2.00. The van der Waals surface area contributed by atoms with E-state index in [2.05, 4.69) is 0 Å². The monoisotopic (exact) mass is 367 g/mol. The first-order valence-electron chi connectivity index (χ1n) is 8.37. The minimum atomic E-state index is -0.625. The van der Waals surface area contributed by atoms with Crippen LogP contribution in [0, 0.1) is 17.0 Å². The van der Waals surface area contributed by atoms with Gasteiger partial charge in [0.05, 0.1) is 10.5 Å². The molecule has 3 aromatic rings. The van der Waals surface area contributed by atoms with Crippen molar-refractivity contribution in [2.24, 2.45) is 0 Å². The number of nitro benzene ring substituents is 1. The maximum Gasteiger partial charge on any atom is 0.338 e. The molecule has 0 unspecified atom stereocenters. The fraction of sp³-hybridized carbons (Fsp3) is 0.200. The molecule has 7 heteroatoms. The van der Waals surface area contributed by atoms with Gasteiger partial charge < -0.3 is 9.15 Å². The molecule has 1 aromatic heterocycles. The maximum atomic E-state index is 12.3. The number of esters is 1. The summed E-state index contributed by atoms with van der Waals surface area (Å²) in [6.07, 6.45) is 0.804. The quantitative estimate of drug-likeness (QED) is 0.293. The van der Waals surface area contributed by atoms with E-state index in [0.29, 0.717) is 22.1 Å². The number of hydrogen-bond acceptors (Lipinski definition) is 6. The summed E-state index contributed by atoms with van der Waals surface area (Å²) in [5, 5.41) is 11.6. The fourth-order valence-electron chi connectivity index (χ4n) is 2.83. The number of carbonyl (C=O) groups excluding carboxylic acids is 1. The third-order valence-corrected chi connectivity index (χ3v) is 4.29. The number of hydrogen-bond donors (Lipinski definition) is 0. The van der Waals surface area contributed by atoms with Crippen LogP contribution in [0.2, 0.25) is 0 Å². The Kier molecular flexibility index (Phi) is 5.03. The normalized spacial score (nSPS) is 10.7. The standard InChI is InChI=1S/C20H17NO6/c1-3-13-4-6-16-15(10-19(22)27-18(16)9-13)11-26-20(23)14-5-7-17(21(24)25)12(2)8-14/h4-10H,3,11H2,1-2H3. The minimum absolute atomic E-state index is 0.0649. The first kappa shape index (κ1) is 18.3. The molecule has 7 nitrogen and oxygen atoms in total. The molecule has 0 N–H and O–H groups in total. The largest absolute Gasteiger partial charge is 0.457 e. The Morgan fingerprint density at radius 2 is 1.96 bits per heavy atom. The molecule has 0 saturated heterocycles. The second kappa shape index (κ2) is 7.41. The van der Waals surface area contributed by atoms with Crippen molar-refractivity contribution in [3.05, 3.63) is 85.3 Å². The number of nitro groups is 1. The van der Waals surface area contributed by atoms with Crippen LogP contribution in [0.3, 0.4) is 0 Å². The van der Waals surface area contributed by atoms with Gasteiger partial charge >= 0.3 is 11.6 Å². The summed E-state index contributed by atoms with van der Waals surface area (Å²) in [5.74, 6) is -0.625. The van der Waals surface area contributed by atoms with Crippen molar-refractivity contribution in [1.82, 2.24) is 0 Å². The Labute approximate surface area is 154 Å². The van der Waals surface area contributed by atoms with E-state index in [1.165, 1.54) is 24.3 Å². The number of benzene rings is 2. The second-order valence-electron chi connectivity index (χ2n) is 6.11. The molecule has 0 fully saturated rings. The average molecular weight is 367 g/mol. The van der Waals surface area contributed by atoms with Crippen LogP contribution >= 0.6 is 0 Å². The van der Waals surface area contributed by atoms with Crippen LogP contribution in [0.4, 0.5) is 5.69 Å². The fourth-order valence-corrected chi connectivity index (χ4v) is 2.83. The van der Waals surface area contributed by atoms with Gasteiger partial charge in [-0.1, -0.05) is 19.1 Å². The van der Waals surface area contributed by atoms with Crippen molar-refractivity contribution in [1.29, 1.82) is 0 Å². The summed E-state index contributed by atoms with van der Waals surface area (Å²) in [6.45, 7) is 3.44. The molecule has 3 rings (SSSR count). The van der Waals surface area contributed by atoms with E-state index in [0.717, 1.165) is 12.0 Å². The predicted octanol–water partition coefficient (Wildman–Crippen LogP) is 3.93. The van der Waals surface area contributed by atoms with Crippen molar-refractivity contribution in [2.45, 2.75) is 26.9 Å². The highest BCUT2D eigenvalue weighted by atomic mass is 16.6. The third kappa shape index (κ3) is 3.87. The number of nitrogens with zero attached hydrogens (tertiary/aromatic N) is 1. The Bertz CT molecular complexity index is 1100. The van der Waals surface area contributed by atoms with Gasteiger partial charge in [0.2, 0.25) is 0 Å². The van der Waals surface area contributed by atoms with Crippen LogP contribution < -0.4 is 5.63 Å². The average Bonchev–Trinajstić information content (AvgIpc) is 2.64. The first-order valence-corrected chi connectivity index (χ1v) is 8.37.